The van der Waals surface area contributed by atoms with Gasteiger partial charge in [-0.15, -0.1) is 11.3 Å². The van der Waals surface area contributed by atoms with Crippen molar-refractivity contribution in [3.05, 3.63) is 51.7 Å². The molecule has 0 spiro atoms. The molecule has 6 heteroatoms. The van der Waals surface area contributed by atoms with Crippen LogP contribution >= 0.6 is 23.6 Å². The molecule has 4 nitrogen and oxygen atoms in total. The third-order valence-electron chi connectivity index (χ3n) is 5.95. The first-order valence-corrected chi connectivity index (χ1v) is 12.2. The molecule has 0 bridgehead atoms. The highest BCUT2D eigenvalue weighted by Gasteiger charge is 2.20. The molecule has 158 valence electrons. The zero-order valence-corrected chi connectivity index (χ0v) is 19.7. The van der Waals surface area contributed by atoms with Crippen molar-refractivity contribution in [3.63, 3.8) is 0 Å². The van der Waals surface area contributed by atoms with Crippen molar-refractivity contribution in [1.82, 2.24) is 4.90 Å². The van der Waals surface area contributed by atoms with E-state index in [2.05, 4.69) is 66.8 Å². The Morgan fingerprint density at radius 1 is 1.17 bits per heavy atom. The normalized spacial score (nSPS) is 19.1. The topological polar surface area (TPSA) is 24.2 Å². The number of quaternary nitrogens is 2. The molecule has 1 aromatic carbocycles. The second kappa shape index (κ2) is 11.1. The highest BCUT2D eigenvalue weighted by Crippen LogP contribution is 2.22. The molecule has 0 aliphatic carbocycles. The number of benzene rings is 1. The molecule has 2 aromatic rings. The van der Waals surface area contributed by atoms with Crippen LogP contribution in [-0.2, 0) is 13.0 Å². The first-order chi connectivity index (χ1) is 14.1. The Balaban J connectivity index is 1.62. The predicted molar refractivity (Wildman–Crippen MR) is 128 cm³/mol. The van der Waals surface area contributed by atoms with E-state index in [1.54, 1.807) is 9.80 Å². The lowest BCUT2D eigenvalue weighted by Gasteiger charge is -2.29. The van der Waals surface area contributed by atoms with E-state index in [-0.39, 0.29) is 0 Å². The van der Waals surface area contributed by atoms with Gasteiger partial charge in [0.2, 0.25) is 0 Å². The number of nitrogens with one attached hydrogen (secondary N) is 3. The molecule has 29 heavy (non-hydrogen) atoms. The number of nitrogens with zero attached hydrogens (tertiary/aromatic N) is 1. The van der Waals surface area contributed by atoms with Gasteiger partial charge in [0.05, 0.1) is 20.1 Å². The minimum atomic E-state index is 0.847. The third-order valence-corrected chi connectivity index (χ3v) is 7.18. The van der Waals surface area contributed by atoms with E-state index in [0.717, 1.165) is 24.6 Å². The molecule has 0 saturated carbocycles. The van der Waals surface area contributed by atoms with Gasteiger partial charge in [-0.3, -0.25) is 0 Å². The Bertz CT molecular complexity index is 767. The summed E-state index contributed by atoms with van der Waals surface area (Å²) in [6.07, 6.45) is 2.18. The van der Waals surface area contributed by atoms with E-state index in [0.29, 0.717) is 0 Å². The minimum Gasteiger partial charge on any atom is -0.344 e. The Kier molecular flexibility index (Phi) is 8.48. The Hall–Kier alpha value is -1.47. The second-order valence-corrected chi connectivity index (χ2v) is 9.62. The summed E-state index contributed by atoms with van der Waals surface area (Å²) >= 11 is 7.70. The molecule has 0 amide bonds. The van der Waals surface area contributed by atoms with Crippen molar-refractivity contribution >= 4 is 34.4 Å². The van der Waals surface area contributed by atoms with Crippen LogP contribution in [0.3, 0.4) is 0 Å². The number of hydrogen-bond acceptors (Lipinski definition) is 2. The van der Waals surface area contributed by atoms with Crippen LogP contribution in [0.25, 0.3) is 0 Å². The highest BCUT2D eigenvalue weighted by molar-refractivity contribution is 7.80. The van der Waals surface area contributed by atoms with Gasteiger partial charge in [-0.05, 0) is 48.1 Å². The monoisotopic (exact) mass is 432 g/mol. The summed E-state index contributed by atoms with van der Waals surface area (Å²) < 4.78 is 0. The molecule has 3 rings (SSSR count). The number of hydrogen-bond donors (Lipinski definition) is 3. The fourth-order valence-corrected chi connectivity index (χ4v) is 5.01. The standard InChI is InChI=1S/C23H34N4S2/c1-4-20-9-5-8-19(2)22(20)24-23(28)27(18-21-10-6-17-29-21)12-7-11-26-15-13-25(3)14-16-26/h5-6,8-10,17H,4,7,11-16,18H2,1-3H3,(H,24,28)/p+2. The van der Waals surface area contributed by atoms with E-state index in [4.69, 9.17) is 12.2 Å². The van der Waals surface area contributed by atoms with Gasteiger partial charge in [0, 0.05) is 23.5 Å². The minimum absolute atomic E-state index is 0.847. The van der Waals surface area contributed by atoms with Crippen molar-refractivity contribution in [3.8, 4) is 0 Å². The van der Waals surface area contributed by atoms with Crippen LogP contribution in [0.5, 0.6) is 0 Å². The molecule has 0 radical (unpaired) electrons. The number of rotatable bonds is 8. The number of likely N-dealkylation sites (N-methyl/N-ethyl adjacent to an activating group) is 1. The summed E-state index contributed by atoms with van der Waals surface area (Å²) in [5.74, 6) is 0. The quantitative estimate of drug-likeness (QED) is 0.553. The van der Waals surface area contributed by atoms with Gasteiger partial charge >= 0.3 is 0 Å². The SMILES string of the molecule is CCc1cccc(C)c1NC(=S)N(CCC[NH+]1CC[NH+](C)CC1)Cc1cccs1. The molecule has 1 aliphatic heterocycles. The second-order valence-electron chi connectivity index (χ2n) is 8.20. The molecule has 1 fully saturated rings. The summed E-state index contributed by atoms with van der Waals surface area (Å²) in [5, 5.41) is 6.59. The number of anilines is 1. The van der Waals surface area contributed by atoms with Gasteiger partial charge in [0.1, 0.15) is 26.2 Å². The molecule has 0 unspecified atom stereocenters. The van der Waals surface area contributed by atoms with E-state index < -0.39 is 0 Å². The zero-order chi connectivity index (χ0) is 20.6. The molecule has 0 atom stereocenters. The third kappa shape index (κ3) is 6.51. The summed E-state index contributed by atoms with van der Waals surface area (Å²) in [5.41, 5.74) is 3.77. The first kappa shape index (κ1) is 22.2. The van der Waals surface area contributed by atoms with Gasteiger partial charge < -0.3 is 20.0 Å². The van der Waals surface area contributed by atoms with Crippen LogP contribution in [-0.4, -0.2) is 56.3 Å². The Morgan fingerprint density at radius 2 is 1.97 bits per heavy atom. The summed E-state index contributed by atoms with van der Waals surface area (Å²) in [4.78, 5) is 7.14. The lowest BCUT2D eigenvalue weighted by atomic mass is 10.1. The smallest absolute Gasteiger partial charge is 0.173 e. The molecular formula is C23H36N4S2+2. The summed E-state index contributed by atoms with van der Waals surface area (Å²) in [6, 6.07) is 10.8. The highest BCUT2D eigenvalue weighted by atomic mass is 32.1. The number of thiophene rings is 1. The zero-order valence-electron chi connectivity index (χ0n) is 18.1. The maximum atomic E-state index is 5.89. The van der Waals surface area contributed by atoms with Crippen LogP contribution < -0.4 is 15.1 Å². The predicted octanol–water partition coefficient (Wildman–Crippen LogP) is 1.62. The van der Waals surface area contributed by atoms with E-state index in [1.807, 2.05) is 11.3 Å². The van der Waals surface area contributed by atoms with Gasteiger partial charge in [-0.1, -0.05) is 31.2 Å². The van der Waals surface area contributed by atoms with Crippen LogP contribution in [0.2, 0.25) is 0 Å². The average Bonchev–Trinajstić information content (AvgIpc) is 3.23. The van der Waals surface area contributed by atoms with E-state index in [1.165, 1.54) is 60.8 Å². The Morgan fingerprint density at radius 3 is 2.66 bits per heavy atom. The Labute approximate surface area is 185 Å². The molecule has 3 N–H and O–H groups in total. The van der Waals surface area contributed by atoms with Gasteiger partial charge in [-0.25, -0.2) is 0 Å². The number of para-hydroxylation sites is 1. The number of aryl methyl sites for hydroxylation is 2. The lowest BCUT2D eigenvalue weighted by Crippen LogP contribution is -3.27. The average molecular weight is 433 g/mol. The van der Waals surface area contributed by atoms with Crippen molar-refractivity contribution in [2.24, 2.45) is 0 Å². The molecule has 1 aliphatic rings. The van der Waals surface area contributed by atoms with Crippen molar-refractivity contribution in [2.75, 3.05) is 51.6 Å². The van der Waals surface area contributed by atoms with Gasteiger partial charge in [0.25, 0.3) is 0 Å². The first-order valence-electron chi connectivity index (χ1n) is 10.9. The van der Waals surface area contributed by atoms with Crippen molar-refractivity contribution in [1.29, 1.82) is 0 Å². The van der Waals surface area contributed by atoms with Gasteiger partial charge in [0.15, 0.2) is 5.11 Å². The molecule has 2 heterocycles. The van der Waals surface area contributed by atoms with Crippen LogP contribution in [0.1, 0.15) is 29.3 Å². The summed E-state index contributed by atoms with van der Waals surface area (Å²) in [7, 11) is 2.31. The molecular weight excluding hydrogens is 396 g/mol. The van der Waals surface area contributed by atoms with Crippen molar-refractivity contribution in [2.45, 2.75) is 33.2 Å². The maximum absolute atomic E-state index is 5.89. The number of piperazine rings is 1. The van der Waals surface area contributed by atoms with Crippen molar-refractivity contribution < 1.29 is 9.80 Å². The van der Waals surface area contributed by atoms with Gasteiger partial charge in [-0.2, -0.15) is 0 Å². The van der Waals surface area contributed by atoms with Crippen LogP contribution in [0.15, 0.2) is 35.7 Å². The largest absolute Gasteiger partial charge is 0.344 e. The molecule has 1 saturated heterocycles. The summed E-state index contributed by atoms with van der Waals surface area (Å²) in [6.45, 7) is 12.7. The molecule has 1 aromatic heterocycles. The van der Waals surface area contributed by atoms with E-state index in [9.17, 15) is 0 Å². The number of thiocarbonyl (C=S) groups is 1. The maximum Gasteiger partial charge on any atom is 0.173 e. The van der Waals surface area contributed by atoms with Crippen LogP contribution in [0.4, 0.5) is 5.69 Å². The van der Waals surface area contributed by atoms with Crippen LogP contribution in [0, 0.1) is 6.92 Å². The lowest BCUT2D eigenvalue weighted by molar-refractivity contribution is -1.00. The van der Waals surface area contributed by atoms with E-state index >= 15 is 0 Å². The fraction of sp³-hybridized carbons (Fsp3) is 0.522. The fourth-order valence-electron chi connectivity index (χ4n) is 4.03.